The molecule has 4 N–H and O–H groups in total. The second kappa shape index (κ2) is 11.2. The molecular formula is C9H21NO3. The third kappa shape index (κ3) is 14.1. The standard InChI is InChI=1S/C9H18O3.H3N/c1-2-3-4-5-6-7-8-12-9(10)11;/h2-8H2,1H3,(H,10,11);1H3. The topological polar surface area (TPSA) is 85.9 Å². The van der Waals surface area contributed by atoms with Crippen LogP contribution in [-0.4, -0.2) is 12.8 Å². The number of quaternary nitrogens is 1. The predicted molar refractivity (Wildman–Crippen MR) is 50.7 cm³/mol. The SMILES string of the molecule is CCCCCCCCOC(=O)[O-].[NH4+]. The molecule has 4 nitrogen and oxygen atoms in total. The molecule has 0 aromatic heterocycles. The highest BCUT2D eigenvalue weighted by molar-refractivity contribution is 5.53. The lowest BCUT2D eigenvalue weighted by Crippen LogP contribution is -2.23. The third-order valence-corrected chi connectivity index (χ3v) is 1.72. The molecule has 0 radical (unpaired) electrons. The lowest BCUT2D eigenvalue weighted by atomic mass is 10.1. The van der Waals surface area contributed by atoms with Crippen molar-refractivity contribution >= 4 is 6.16 Å². The van der Waals surface area contributed by atoms with E-state index >= 15 is 0 Å². The Balaban J connectivity index is 0. The number of rotatable bonds is 7. The molecule has 0 aliphatic rings. The quantitative estimate of drug-likeness (QED) is 0.493. The van der Waals surface area contributed by atoms with Crippen LogP contribution in [0.1, 0.15) is 45.4 Å². The van der Waals surface area contributed by atoms with Crippen molar-refractivity contribution < 1.29 is 14.6 Å². The summed E-state index contributed by atoms with van der Waals surface area (Å²) in [4.78, 5) is 9.80. The molecular weight excluding hydrogens is 170 g/mol. The van der Waals surface area contributed by atoms with Gasteiger partial charge in [-0.2, -0.15) is 0 Å². The average Bonchev–Trinajstić information content (AvgIpc) is 2.02. The Morgan fingerprint density at radius 1 is 1.15 bits per heavy atom. The van der Waals surface area contributed by atoms with Gasteiger partial charge in [0.05, 0.1) is 0 Å². The number of ether oxygens (including phenoxy) is 1. The maximum Gasteiger partial charge on any atom is 0.251 e. The van der Waals surface area contributed by atoms with Gasteiger partial charge in [0, 0.05) is 6.61 Å². The summed E-state index contributed by atoms with van der Waals surface area (Å²) >= 11 is 0. The normalized spacial score (nSPS) is 9.00. The molecule has 0 heterocycles. The fourth-order valence-electron chi connectivity index (χ4n) is 1.04. The Labute approximate surface area is 79.9 Å². The largest absolute Gasteiger partial charge is 0.550 e. The van der Waals surface area contributed by atoms with Crippen molar-refractivity contribution in [2.24, 2.45) is 0 Å². The molecule has 0 rings (SSSR count). The summed E-state index contributed by atoms with van der Waals surface area (Å²) in [7, 11) is 0. The molecule has 0 unspecified atom stereocenters. The molecule has 0 atom stereocenters. The second-order valence-corrected chi connectivity index (χ2v) is 2.87. The zero-order valence-electron chi connectivity index (χ0n) is 8.67. The Bertz CT molecular complexity index is 117. The van der Waals surface area contributed by atoms with E-state index in [0.29, 0.717) is 0 Å². The number of unbranched alkanes of at least 4 members (excludes halogenated alkanes) is 5. The van der Waals surface area contributed by atoms with Gasteiger partial charge in [-0.3, -0.25) is 0 Å². The zero-order valence-corrected chi connectivity index (χ0v) is 8.67. The van der Waals surface area contributed by atoms with E-state index in [9.17, 15) is 9.90 Å². The molecule has 0 saturated carbocycles. The maximum atomic E-state index is 9.80. The number of carbonyl (C=O) groups excluding carboxylic acids is 1. The minimum absolute atomic E-state index is 0. The van der Waals surface area contributed by atoms with Crippen molar-refractivity contribution in [3.05, 3.63) is 0 Å². The number of hydrogen-bond acceptors (Lipinski definition) is 3. The van der Waals surface area contributed by atoms with Gasteiger partial charge in [0.1, 0.15) is 0 Å². The predicted octanol–water partition coefficient (Wildman–Crippen LogP) is 2.08. The summed E-state index contributed by atoms with van der Waals surface area (Å²) in [6, 6.07) is 0. The number of carbonyl (C=O) groups is 1. The molecule has 0 amide bonds. The monoisotopic (exact) mass is 191 g/mol. The Morgan fingerprint density at radius 3 is 2.23 bits per heavy atom. The van der Waals surface area contributed by atoms with E-state index in [4.69, 9.17) is 0 Å². The molecule has 0 aliphatic heterocycles. The highest BCUT2D eigenvalue weighted by Crippen LogP contribution is 2.04. The first-order valence-electron chi connectivity index (χ1n) is 4.61. The first kappa shape index (κ1) is 14.7. The molecule has 0 bridgehead atoms. The van der Waals surface area contributed by atoms with Crippen LogP contribution in [0.2, 0.25) is 0 Å². The molecule has 0 saturated heterocycles. The van der Waals surface area contributed by atoms with Crippen LogP contribution in [0.25, 0.3) is 0 Å². The van der Waals surface area contributed by atoms with Gasteiger partial charge in [-0.15, -0.1) is 0 Å². The summed E-state index contributed by atoms with van der Waals surface area (Å²) in [6.45, 7) is 2.45. The van der Waals surface area contributed by atoms with Crippen LogP contribution >= 0.6 is 0 Å². The van der Waals surface area contributed by atoms with Crippen molar-refractivity contribution in [3.63, 3.8) is 0 Å². The van der Waals surface area contributed by atoms with Crippen LogP contribution < -0.4 is 11.3 Å². The van der Waals surface area contributed by atoms with Gasteiger partial charge in [-0.05, 0) is 6.42 Å². The summed E-state index contributed by atoms with van der Waals surface area (Å²) in [5, 5.41) is 9.80. The van der Waals surface area contributed by atoms with E-state index in [0.717, 1.165) is 12.8 Å². The fraction of sp³-hybridized carbons (Fsp3) is 0.889. The van der Waals surface area contributed by atoms with Crippen LogP contribution in [-0.2, 0) is 4.74 Å². The Morgan fingerprint density at radius 2 is 1.69 bits per heavy atom. The highest BCUT2D eigenvalue weighted by atomic mass is 16.7. The van der Waals surface area contributed by atoms with Gasteiger partial charge in [0.2, 0.25) is 0 Å². The second-order valence-electron chi connectivity index (χ2n) is 2.87. The molecule has 80 valence electrons. The van der Waals surface area contributed by atoms with E-state index < -0.39 is 6.16 Å². The smallest absolute Gasteiger partial charge is 0.251 e. The van der Waals surface area contributed by atoms with E-state index in [1.54, 1.807) is 0 Å². The molecule has 4 heteroatoms. The van der Waals surface area contributed by atoms with Gasteiger partial charge >= 0.3 is 0 Å². The van der Waals surface area contributed by atoms with Crippen molar-refractivity contribution in [1.29, 1.82) is 0 Å². The van der Waals surface area contributed by atoms with E-state index in [2.05, 4.69) is 11.7 Å². The van der Waals surface area contributed by atoms with E-state index in [1.807, 2.05) is 0 Å². The van der Waals surface area contributed by atoms with Crippen LogP contribution in [0.15, 0.2) is 0 Å². The molecule has 0 aromatic carbocycles. The van der Waals surface area contributed by atoms with Crippen LogP contribution in [0.3, 0.4) is 0 Å². The van der Waals surface area contributed by atoms with Crippen LogP contribution in [0.5, 0.6) is 0 Å². The molecule has 13 heavy (non-hydrogen) atoms. The van der Waals surface area contributed by atoms with E-state index in [-0.39, 0.29) is 12.8 Å². The average molecular weight is 191 g/mol. The van der Waals surface area contributed by atoms with Crippen molar-refractivity contribution in [2.45, 2.75) is 45.4 Å². The highest BCUT2D eigenvalue weighted by Gasteiger charge is 1.89. The third-order valence-electron chi connectivity index (χ3n) is 1.72. The maximum absolute atomic E-state index is 9.80. The lowest BCUT2D eigenvalue weighted by Gasteiger charge is -2.06. The zero-order chi connectivity index (χ0) is 9.23. The van der Waals surface area contributed by atoms with Gasteiger partial charge in [0.15, 0.2) is 0 Å². The lowest BCUT2D eigenvalue weighted by molar-refractivity contribution is -0.282. The minimum Gasteiger partial charge on any atom is -0.550 e. The van der Waals surface area contributed by atoms with Gasteiger partial charge < -0.3 is 20.8 Å². The summed E-state index contributed by atoms with van der Waals surface area (Å²) < 4.78 is 4.25. The Kier molecular flexibility index (Phi) is 12.7. The van der Waals surface area contributed by atoms with Crippen molar-refractivity contribution in [3.8, 4) is 0 Å². The minimum atomic E-state index is -1.41. The first-order valence-corrected chi connectivity index (χ1v) is 4.61. The summed E-state index contributed by atoms with van der Waals surface area (Å²) in [6.07, 6.45) is 5.36. The molecule has 0 fully saturated rings. The van der Waals surface area contributed by atoms with Gasteiger partial charge in [-0.1, -0.05) is 39.0 Å². The van der Waals surface area contributed by atoms with E-state index in [1.165, 1.54) is 25.7 Å². The van der Waals surface area contributed by atoms with Crippen molar-refractivity contribution in [2.75, 3.05) is 6.61 Å². The molecule has 0 aliphatic carbocycles. The van der Waals surface area contributed by atoms with Gasteiger partial charge in [0.25, 0.3) is 6.16 Å². The molecule has 0 spiro atoms. The number of hydrogen-bond donors (Lipinski definition) is 1. The molecule has 0 aromatic rings. The first-order chi connectivity index (χ1) is 5.77. The fourth-order valence-corrected chi connectivity index (χ4v) is 1.04. The Hall–Kier alpha value is -0.770. The van der Waals surface area contributed by atoms with Crippen LogP contribution in [0.4, 0.5) is 4.79 Å². The van der Waals surface area contributed by atoms with Crippen LogP contribution in [0, 0.1) is 0 Å². The summed E-state index contributed by atoms with van der Waals surface area (Å²) in [5.41, 5.74) is 0. The van der Waals surface area contributed by atoms with Gasteiger partial charge in [-0.25, -0.2) is 0 Å². The van der Waals surface area contributed by atoms with Crippen molar-refractivity contribution in [1.82, 2.24) is 6.15 Å². The summed E-state index contributed by atoms with van der Waals surface area (Å²) in [5.74, 6) is 0. The number of carboxylic acid groups (broad SMARTS) is 1.